The van der Waals surface area contributed by atoms with Crippen LogP contribution in [0, 0.1) is 0 Å². The van der Waals surface area contributed by atoms with Gasteiger partial charge >= 0.3 is 0 Å². The number of amides is 1. The van der Waals surface area contributed by atoms with Crippen LogP contribution in [0.5, 0.6) is 0 Å². The molecule has 2 fully saturated rings. The molecule has 2 saturated heterocycles. The topological polar surface area (TPSA) is 58.6 Å². The van der Waals surface area contributed by atoms with Gasteiger partial charge in [-0.15, -0.1) is 11.8 Å². The molecule has 17 heavy (non-hydrogen) atoms. The zero-order chi connectivity index (χ0) is 12.1. The molecule has 2 rings (SSSR count). The standard InChI is InChI=1S/C12H21NO3S/c14-9-12(4-6-16-7-5-12)13-11(15)10-3-1-2-8-17-10/h10,14H,1-9H2,(H,13,15). The Labute approximate surface area is 106 Å². The van der Waals surface area contributed by atoms with Gasteiger partial charge in [-0.2, -0.15) is 0 Å². The Balaban J connectivity index is 1.90. The Kier molecular flexibility index (Phi) is 4.70. The molecule has 2 heterocycles. The molecular weight excluding hydrogens is 238 g/mol. The van der Waals surface area contributed by atoms with Crippen LogP contribution in [0.3, 0.4) is 0 Å². The van der Waals surface area contributed by atoms with E-state index in [0.717, 1.165) is 18.6 Å². The number of ether oxygens (including phenoxy) is 1. The lowest BCUT2D eigenvalue weighted by molar-refractivity contribution is -0.124. The lowest BCUT2D eigenvalue weighted by Gasteiger charge is -2.37. The average molecular weight is 259 g/mol. The van der Waals surface area contributed by atoms with E-state index in [1.807, 2.05) is 0 Å². The van der Waals surface area contributed by atoms with Gasteiger partial charge in [0.25, 0.3) is 0 Å². The SMILES string of the molecule is O=C(NC1(CO)CCOCC1)C1CCCCS1. The van der Waals surface area contributed by atoms with E-state index in [9.17, 15) is 9.90 Å². The molecule has 0 bridgehead atoms. The molecule has 0 aliphatic carbocycles. The van der Waals surface area contributed by atoms with Crippen LogP contribution in [0.25, 0.3) is 0 Å². The Bertz CT molecular complexity index is 260. The van der Waals surface area contributed by atoms with E-state index in [1.54, 1.807) is 11.8 Å². The molecule has 2 aliphatic heterocycles. The number of rotatable bonds is 3. The zero-order valence-electron chi connectivity index (χ0n) is 10.1. The van der Waals surface area contributed by atoms with Crippen molar-refractivity contribution in [1.29, 1.82) is 0 Å². The molecule has 0 radical (unpaired) electrons. The van der Waals surface area contributed by atoms with Crippen LogP contribution in [-0.4, -0.2) is 47.4 Å². The minimum Gasteiger partial charge on any atom is -0.394 e. The fraction of sp³-hybridized carbons (Fsp3) is 0.917. The molecule has 1 atom stereocenters. The number of aliphatic hydroxyl groups excluding tert-OH is 1. The highest BCUT2D eigenvalue weighted by Crippen LogP contribution is 2.27. The molecule has 0 spiro atoms. The van der Waals surface area contributed by atoms with Gasteiger partial charge in [0.15, 0.2) is 0 Å². The van der Waals surface area contributed by atoms with Crippen LogP contribution in [0.15, 0.2) is 0 Å². The maximum absolute atomic E-state index is 12.1. The number of hydrogen-bond donors (Lipinski definition) is 2. The third-order valence-electron chi connectivity index (χ3n) is 3.61. The van der Waals surface area contributed by atoms with Crippen molar-refractivity contribution in [3.63, 3.8) is 0 Å². The monoisotopic (exact) mass is 259 g/mol. The second kappa shape index (κ2) is 6.07. The van der Waals surface area contributed by atoms with Gasteiger partial charge in [0.05, 0.1) is 17.4 Å². The fourth-order valence-corrected chi connectivity index (χ4v) is 3.57. The van der Waals surface area contributed by atoms with E-state index >= 15 is 0 Å². The lowest BCUT2D eigenvalue weighted by Crippen LogP contribution is -2.56. The summed E-state index contributed by atoms with van der Waals surface area (Å²) in [5.74, 6) is 1.18. The number of nitrogens with one attached hydrogen (secondary N) is 1. The highest BCUT2D eigenvalue weighted by molar-refractivity contribution is 8.00. The molecule has 0 aromatic heterocycles. The van der Waals surface area contributed by atoms with Crippen LogP contribution < -0.4 is 5.32 Å². The number of carbonyl (C=O) groups is 1. The molecule has 1 amide bonds. The summed E-state index contributed by atoms with van der Waals surface area (Å²) in [5, 5.41) is 12.7. The van der Waals surface area contributed by atoms with Crippen molar-refractivity contribution in [1.82, 2.24) is 5.32 Å². The van der Waals surface area contributed by atoms with Crippen molar-refractivity contribution in [2.75, 3.05) is 25.6 Å². The van der Waals surface area contributed by atoms with E-state index in [4.69, 9.17) is 4.74 Å². The summed E-state index contributed by atoms with van der Waals surface area (Å²) >= 11 is 1.74. The van der Waals surface area contributed by atoms with Gasteiger partial charge in [-0.3, -0.25) is 4.79 Å². The molecule has 0 aromatic carbocycles. The first kappa shape index (κ1) is 13.2. The van der Waals surface area contributed by atoms with Gasteiger partial charge < -0.3 is 15.2 Å². The van der Waals surface area contributed by atoms with Gasteiger partial charge in [-0.05, 0) is 31.4 Å². The van der Waals surface area contributed by atoms with E-state index in [1.165, 1.54) is 6.42 Å². The molecule has 98 valence electrons. The van der Waals surface area contributed by atoms with E-state index in [2.05, 4.69) is 5.32 Å². The van der Waals surface area contributed by atoms with E-state index in [0.29, 0.717) is 26.1 Å². The smallest absolute Gasteiger partial charge is 0.233 e. The van der Waals surface area contributed by atoms with Gasteiger partial charge in [-0.1, -0.05) is 6.42 Å². The summed E-state index contributed by atoms with van der Waals surface area (Å²) < 4.78 is 5.29. The van der Waals surface area contributed by atoms with Crippen molar-refractivity contribution < 1.29 is 14.6 Å². The van der Waals surface area contributed by atoms with Crippen molar-refractivity contribution in [2.24, 2.45) is 0 Å². The molecule has 4 nitrogen and oxygen atoms in total. The van der Waals surface area contributed by atoms with Gasteiger partial charge in [0.2, 0.25) is 5.91 Å². The van der Waals surface area contributed by atoms with Gasteiger partial charge in [0.1, 0.15) is 0 Å². The molecule has 0 saturated carbocycles. The maximum Gasteiger partial charge on any atom is 0.233 e. The molecule has 2 aliphatic rings. The number of carbonyl (C=O) groups excluding carboxylic acids is 1. The molecular formula is C12H21NO3S. The van der Waals surface area contributed by atoms with Crippen LogP contribution in [-0.2, 0) is 9.53 Å². The molecule has 0 aromatic rings. The Morgan fingerprint density at radius 1 is 1.41 bits per heavy atom. The summed E-state index contributed by atoms with van der Waals surface area (Å²) in [5.41, 5.74) is -0.437. The van der Waals surface area contributed by atoms with Crippen molar-refractivity contribution >= 4 is 17.7 Å². The third-order valence-corrected chi connectivity index (χ3v) is 4.99. The van der Waals surface area contributed by atoms with E-state index < -0.39 is 5.54 Å². The second-order valence-corrected chi connectivity index (χ2v) is 6.21. The summed E-state index contributed by atoms with van der Waals surface area (Å²) in [6.07, 6.45) is 4.75. The normalized spacial score (nSPS) is 28.6. The Morgan fingerprint density at radius 3 is 2.76 bits per heavy atom. The predicted molar refractivity (Wildman–Crippen MR) is 68.1 cm³/mol. The zero-order valence-corrected chi connectivity index (χ0v) is 10.9. The minimum atomic E-state index is -0.437. The lowest BCUT2D eigenvalue weighted by atomic mass is 9.90. The Hall–Kier alpha value is -0.260. The predicted octanol–water partition coefficient (Wildman–Crippen LogP) is 0.930. The van der Waals surface area contributed by atoms with Gasteiger partial charge in [-0.25, -0.2) is 0 Å². The van der Waals surface area contributed by atoms with Crippen molar-refractivity contribution in [3.8, 4) is 0 Å². The van der Waals surface area contributed by atoms with Crippen LogP contribution in [0.4, 0.5) is 0 Å². The molecule has 5 heteroatoms. The number of thioether (sulfide) groups is 1. The van der Waals surface area contributed by atoms with Crippen LogP contribution in [0.2, 0.25) is 0 Å². The first-order valence-electron chi connectivity index (χ1n) is 6.38. The molecule has 1 unspecified atom stereocenters. The second-order valence-electron chi connectivity index (χ2n) is 4.90. The minimum absolute atomic E-state index is 0.0134. The van der Waals surface area contributed by atoms with Gasteiger partial charge in [0, 0.05) is 13.2 Å². The Morgan fingerprint density at radius 2 is 2.18 bits per heavy atom. The summed E-state index contributed by atoms with van der Waals surface area (Å²) in [7, 11) is 0. The fourth-order valence-electron chi connectivity index (χ4n) is 2.37. The number of hydrogen-bond acceptors (Lipinski definition) is 4. The van der Waals surface area contributed by atoms with Crippen molar-refractivity contribution in [3.05, 3.63) is 0 Å². The molecule has 2 N–H and O–H groups in total. The maximum atomic E-state index is 12.1. The van der Waals surface area contributed by atoms with E-state index in [-0.39, 0.29) is 17.8 Å². The van der Waals surface area contributed by atoms with Crippen molar-refractivity contribution in [2.45, 2.75) is 42.9 Å². The average Bonchev–Trinajstić information content (AvgIpc) is 2.41. The first-order valence-corrected chi connectivity index (χ1v) is 7.43. The quantitative estimate of drug-likeness (QED) is 0.791. The number of aliphatic hydroxyl groups is 1. The largest absolute Gasteiger partial charge is 0.394 e. The third kappa shape index (κ3) is 3.36. The highest BCUT2D eigenvalue weighted by atomic mass is 32.2. The van der Waals surface area contributed by atoms with Crippen LogP contribution >= 0.6 is 11.8 Å². The highest BCUT2D eigenvalue weighted by Gasteiger charge is 2.35. The summed E-state index contributed by atoms with van der Waals surface area (Å²) in [6.45, 7) is 1.26. The summed E-state index contributed by atoms with van der Waals surface area (Å²) in [6, 6.07) is 0. The summed E-state index contributed by atoms with van der Waals surface area (Å²) in [4.78, 5) is 12.1. The van der Waals surface area contributed by atoms with Crippen LogP contribution in [0.1, 0.15) is 32.1 Å². The first-order chi connectivity index (χ1) is 8.26.